The molecule has 0 unspecified atom stereocenters. The molecule has 0 fully saturated rings. The molecule has 0 bridgehead atoms. The van der Waals surface area contributed by atoms with Gasteiger partial charge < -0.3 is 0 Å². The molecule has 0 rings (SSSR count). The number of carbonyl (C=O) groups is 1. The summed E-state index contributed by atoms with van der Waals surface area (Å²) in [5.41, 5.74) is 1.56. The van der Waals surface area contributed by atoms with E-state index in [2.05, 4.69) is 6.58 Å². The third kappa shape index (κ3) is 7.72. The van der Waals surface area contributed by atoms with Crippen molar-refractivity contribution in [1.29, 1.82) is 0 Å². The zero-order valence-corrected chi connectivity index (χ0v) is 12.0. The Hall–Kier alpha value is -2.15. The maximum absolute atomic E-state index is 11.9. The average molecular weight is 254 g/mol. The molecular formula is C18H22O. The standard InChI is InChI=1S/C18H22O/c1-5-9-12-16(11-7-3)14-15-18(19)17(8-4)13-10-6-2/h5-15H,4H2,1-3H3/b9-5-,10-6-,11-7-,15-14+,16-12+,17-13+. The zero-order valence-electron chi connectivity index (χ0n) is 12.0. The first-order valence-electron chi connectivity index (χ1n) is 6.33. The first kappa shape index (κ1) is 16.9. The van der Waals surface area contributed by atoms with Gasteiger partial charge in [0.1, 0.15) is 0 Å². The molecule has 0 heterocycles. The molecule has 1 heteroatoms. The van der Waals surface area contributed by atoms with Crippen LogP contribution in [0.4, 0.5) is 0 Å². The van der Waals surface area contributed by atoms with Gasteiger partial charge in [-0.25, -0.2) is 0 Å². The number of hydrogen-bond donors (Lipinski definition) is 0. The van der Waals surface area contributed by atoms with Crippen molar-refractivity contribution in [3.63, 3.8) is 0 Å². The van der Waals surface area contributed by atoms with Crippen LogP contribution in [-0.2, 0) is 4.79 Å². The zero-order chi connectivity index (χ0) is 14.5. The highest BCUT2D eigenvalue weighted by molar-refractivity contribution is 6.06. The highest BCUT2D eigenvalue weighted by Crippen LogP contribution is 2.05. The molecule has 0 aliphatic rings. The fourth-order valence-electron chi connectivity index (χ4n) is 1.29. The van der Waals surface area contributed by atoms with Gasteiger partial charge in [-0.15, -0.1) is 0 Å². The Kier molecular flexibility index (Phi) is 9.73. The van der Waals surface area contributed by atoms with Gasteiger partial charge in [-0.05, 0) is 32.4 Å². The Morgan fingerprint density at radius 2 is 1.47 bits per heavy atom. The molecule has 0 aromatic heterocycles. The number of carbonyl (C=O) groups excluding carboxylic acids is 1. The second-order valence-corrected chi connectivity index (χ2v) is 3.74. The van der Waals surface area contributed by atoms with Gasteiger partial charge in [0.25, 0.3) is 0 Å². The van der Waals surface area contributed by atoms with Crippen LogP contribution in [0.15, 0.2) is 84.6 Å². The molecule has 0 atom stereocenters. The summed E-state index contributed by atoms with van der Waals surface area (Å²) in [6.45, 7) is 9.45. The maximum atomic E-state index is 11.9. The first-order chi connectivity index (χ1) is 9.19. The third-order valence-corrected chi connectivity index (χ3v) is 2.24. The van der Waals surface area contributed by atoms with E-state index >= 15 is 0 Å². The van der Waals surface area contributed by atoms with E-state index in [0.717, 1.165) is 5.57 Å². The van der Waals surface area contributed by atoms with E-state index in [9.17, 15) is 4.79 Å². The molecule has 1 nitrogen and oxygen atoms in total. The monoisotopic (exact) mass is 254 g/mol. The molecule has 0 aliphatic carbocycles. The largest absolute Gasteiger partial charge is 0.289 e. The summed E-state index contributed by atoms with van der Waals surface area (Å²) in [6, 6.07) is 0. The summed E-state index contributed by atoms with van der Waals surface area (Å²) in [5.74, 6) is -0.0519. The van der Waals surface area contributed by atoms with Gasteiger partial charge in [-0.2, -0.15) is 0 Å². The normalized spacial score (nSPS) is 14.3. The Morgan fingerprint density at radius 3 is 2.00 bits per heavy atom. The fourth-order valence-corrected chi connectivity index (χ4v) is 1.29. The lowest BCUT2D eigenvalue weighted by atomic mass is 10.1. The topological polar surface area (TPSA) is 17.1 Å². The van der Waals surface area contributed by atoms with Gasteiger partial charge in [0.2, 0.25) is 0 Å². The summed E-state index contributed by atoms with van der Waals surface area (Å²) < 4.78 is 0. The van der Waals surface area contributed by atoms with E-state index in [-0.39, 0.29) is 5.78 Å². The van der Waals surface area contributed by atoms with Crippen molar-refractivity contribution in [3.8, 4) is 0 Å². The Balaban J connectivity index is 5.03. The molecule has 0 spiro atoms. The number of hydrogen-bond acceptors (Lipinski definition) is 1. The summed E-state index contributed by atoms with van der Waals surface area (Å²) in [5, 5.41) is 0. The van der Waals surface area contributed by atoms with Crippen LogP contribution in [0.2, 0.25) is 0 Å². The summed E-state index contributed by atoms with van der Waals surface area (Å²) in [4.78, 5) is 11.9. The average Bonchev–Trinajstić information content (AvgIpc) is 2.42. The predicted octanol–water partition coefficient (Wildman–Crippen LogP) is 4.88. The van der Waals surface area contributed by atoms with Gasteiger partial charge >= 0.3 is 0 Å². The summed E-state index contributed by atoms with van der Waals surface area (Å²) in [6.07, 6.45) is 20.1. The van der Waals surface area contributed by atoms with E-state index in [1.807, 2.05) is 63.3 Å². The molecule has 0 radical (unpaired) electrons. The van der Waals surface area contributed by atoms with Crippen molar-refractivity contribution in [2.45, 2.75) is 20.8 Å². The number of allylic oxidation sites excluding steroid dienone is 13. The molecule has 0 amide bonds. The van der Waals surface area contributed by atoms with Crippen LogP contribution in [0.1, 0.15) is 20.8 Å². The van der Waals surface area contributed by atoms with Gasteiger partial charge in [0.15, 0.2) is 5.78 Å². The van der Waals surface area contributed by atoms with Crippen LogP contribution >= 0.6 is 0 Å². The highest BCUT2D eigenvalue weighted by Gasteiger charge is 1.99. The molecule has 0 aromatic carbocycles. The quantitative estimate of drug-likeness (QED) is 0.467. The predicted molar refractivity (Wildman–Crippen MR) is 85.0 cm³/mol. The molecule has 0 aromatic rings. The second kappa shape index (κ2) is 11.0. The van der Waals surface area contributed by atoms with E-state index < -0.39 is 0 Å². The maximum Gasteiger partial charge on any atom is 0.185 e. The van der Waals surface area contributed by atoms with Crippen LogP contribution in [0.3, 0.4) is 0 Å². The van der Waals surface area contributed by atoms with Crippen molar-refractivity contribution < 1.29 is 4.79 Å². The molecule has 0 N–H and O–H groups in total. The summed E-state index contributed by atoms with van der Waals surface area (Å²) in [7, 11) is 0. The van der Waals surface area contributed by atoms with Crippen molar-refractivity contribution in [1.82, 2.24) is 0 Å². The Bertz CT molecular complexity index is 466. The van der Waals surface area contributed by atoms with Gasteiger partial charge in [0, 0.05) is 5.57 Å². The van der Waals surface area contributed by atoms with E-state index in [1.54, 1.807) is 24.3 Å². The molecule has 0 aliphatic heterocycles. The van der Waals surface area contributed by atoms with Crippen LogP contribution in [-0.4, -0.2) is 5.78 Å². The lowest BCUT2D eigenvalue weighted by Crippen LogP contribution is -1.95. The fraction of sp³-hybridized carbons (Fsp3) is 0.167. The number of ketones is 1. The minimum absolute atomic E-state index is 0.0519. The van der Waals surface area contributed by atoms with E-state index in [4.69, 9.17) is 0 Å². The van der Waals surface area contributed by atoms with Crippen molar-refractivity contribution >= 4 is 5.78 Å². The smallest absolute Gasteiger partial charge is 0.185 e. The Morgan fingerprint density at radius 1 is 0.842 bits per heavy atom. The molecular weight excluding hydrogens is 232 g/mol. The Labute approximate surface area is 116 Å². The molecule has 100 valence electrons. The highest BCUT2D eigenvalue weighted by atomic mass is 16.1. The van der Waals surface area contributed by atoms with Gasteiger partial charge in [0.05, 0.1) is 0 Å². The van der Waals surface area contributed by atoms with Crippen LogP contribution in [0.25, 0.3) is 0 Å². The van der Waals surface area contributed by atoms with Crippen molar-refractivity contribution in [2.24, 2.45) is 0 Å². The third-order valence-electron chi connectivity index (χ3n) is 2.24. The van der Waals surface area contributed by atoms with Crippen molar-refractivity contribution in [3.05, 3.63) is 84.6 Å². The van der Waals surface area contributed by atoms with Crippen LogP contribution in [0.5, 0.6) is 0 Å². The minimum Gasteiger partial charge on any atom is -0.289 e. The van der Waals surface area contributed by atoms with Crippen LogP contribution < -0.4 is 0 Å². The van der Waals surface area contributed by atoms with Gasteiger partial charge in [-0.1, -0.05) is 67.3 Å². The van der Waals surface area contributed by atoms with Gasteiger partial charge in [-0.3, -0.25) is 4.79 Å². The van der Waals surface area contributed by atoms with Crippen molar-refractivity contribution in [2.75, 3.05) is 0 Å². The molecule has 19 heavy (non-hydrogen) atoms. The van der Waals surface area contributed by atoms with Crippen LogP contribution in [0, 0.1) is 0 Å². The molecule has 0 saturated carbocycles. The number of rotatable bonds is 7. The lowest BCUT2D eigenvalue weighted by molar-refractivity contribution is -0.111. The van der Waals surface area contributed by atoms with E-state index in [1.165, 1.54) is 0 Å². The first-order valence-corrected chi connectivity index (χ1v) is 6.33. The van der Waals surface area contributed by atoms with E-state index in [0.29, 0.717) is 5.57 Å². The molecule has 0 saturated heterocycles. The minimum atomic E-state index is -0.0519. The lowest BCUT2D eigenvalue weighted by Gasteiger charge is -1.95. The second-order valence-electron chi connectivity index (χ2n) is 3.74. The SMILES string of the molecule is C=C/C(=C\C=C/C)C(=O)/C=C/C(/C=C\C)=C/C=C\C. The summed E-state index contributed by atoms with van der Waals surface area (Å²) >= 11 is 0.